The van der Waals surface area contributed by atoms with Gasteiger partial charge in [-0.05, 0) is 12.1 Å². The fourth-order valence-corrected chi connectivity index (χ4v) is 2.52. The minimum Gasteiger partial charge on any atom is -0.490 e. The van der Waals surface area contributed by atoms with Crippen LogP contribution in [-0.4, -0.2) is 30.7 Å². The maximum absolute atomic E-state index is 5.64. The van der Waals surface area contributed by atoms with Gasteiger partial charge in [0, 0.05) is 23.9 Å². The van der Waals surface area contributed by atoms with E-state index in [9.17, 15) is 0 Å². The van der Waals surface area contributed by atoms with Gasteiger partial charge in [0.25, 0.3) is 0 Å². The third-order valence-corrected chi connectivity index (χ3v) is 3.48. The summed E-state index contributed by atoms with van der Waals surface area (Å²) in [7, 11) is 0. The first-order chi connectivity index (χ1) is 8.42. The molecule has 2 aliphatic rings. The zero-order chi connectivity index (χ0) is 11.5. The minimum atomic E-state index is 0.714. The molecule has 3 rings (SSSR count). The molecule has 0 bridgehead atoms. The van der Waals surface area contributed by atoms with Crippen LogP contribution in [0.2, 0.25) is 0 Å². The molecule has 17 heavy (non-hydrogen) atoms. The summed E-state index contributed by atoms with van der Waals surface area (Å²) < 4.78 is 11.2. The summed E-state index contributed by atoms with van der Waals surface area (Å²) >= 11 is 1.75. The molecule has 2 heterocycles. The largest absolute Gasteiger partial charge is 0.490 e. The van der Waals surface area contributed by atoms with Crippen LogP contribution in [-0.2, 0) is 0 Å². The zero-order valence-corrected chi connectivity index (χ0v) is 10.3. The standard InChI is InChI=1S/C12H14N2O2S/c1-5-15-10-3-2-9(8-11(10)16-6-1)14-12-13-4-7-17-12/h2-3,8H,1,4-7H2,(H,13,14). The average molecular weight is 250 g/mol. The molecule has 0 aromatic heterocycles. The number of amidine groups is 1. The van der Waals surface area contributed by atoms with Crippen molar-refractivity contribution in [3.8, 4) is 11.5 Å². The van der Waals surface area contributed by atoms with Crippen molar-refractivity contribution < 1.29 is 9.47 Å². The highest BCUT2D eigenvalue weighted by Gasteiger charge is 2.12. The van der Waals surface area contributed by atoms with Crippen molar-refractivity contribution in [2.45, 2.75) is 6.42 Å². The van der Waals surface area contributed by atoms with E-state index in [4.69, 9.17) is 9.47 Å². The predicted molar refractivity (Wildman–Crippen MR) is 70.4 cm³/mol. The Morgan fingerprint density at radius 2 is 2.06 bits per heavy atom. The van der Waals surface area contributed by atoms with Crippen molar-refractivity contribution in [1.29, 1.82) is 0 Å². The van der Waals surface area contributed by atoms with E-state index in [-0.39, 0.29) is 0 Å². The lowest BCUT2D eigenvalue weighted by Gasteiger charge is -2.10. The van der Waals surface area contributed by atoms with Crippen LogP contribution in [0.1, 0.15) is 6.42 Å². The number of aliphatic imine (C=N–C) groups is 1. The fraction of sp³-hybridized carbons (Fsp3) is 0.417. The Hall–Kier alpha value is -1.36. The number of benzene rings is 1. The maximum atomic E-state index is 5.64. The number of hydrogen-bond donors (Lipinski definition) is 1. The molecule has 0 saturated heterocycles. The smallest absolute Gasteiger partial charge is 0.163 e. The van der Waals surface area contributed by atoms with E-state index in [1.165, 1.54) is 0 Å². The Balaban J connectivity index is 1.79. The molecular formula is C12H14N2O2S. The van der Waals surface area contributed by atoms with Crippen molar-refractivity contribution in [3.05, 3.63) is 18.2 Å². The van der Waals surface area contributed by atoms with Gasteiger partial charge in [0.15, 0.2) is 16.7 Å². The van der Waals surface area contributed by atoms with Crippen molar-refractivity contribution in [1.82, 2.24) is 0 Å². The quantitative estimate of drug-likeness (QED) is 0.831. The van der Waals surface area contributed by atoms with Crippen LogP contribution in [0.15, 0.2) is 23.2 Å². The van der Waals surface area contributed by atoms with Crippen LogP contribution in [0.3, 0.4) is 0 Å². The normalized spacial score (nSPS) is 18.5. The lowest BCUT2D eigenvalue weighted by Crippen LogP contribution is -2.05. The molecule has 0 unspecified atom stereocenters. The van der Waals surface area contributed by atoms with E-state index in [1.807, 2.05) is 18.2 Å². The van der Waals surface area contributed by atoms with Gasteiger partial charge < -0.3 is 14.8 Å². The molecule has 1 aromatic rings. The molecule has 4 nitrogen and oxygen atoms in total. The monoisotopic (exact) mass is 250 g/mol. The fourth-order valence-electron chi connectivity index (χ4n) is 1.78. The molecule has 1 N–H and O–H groups in total. The zero-order valence-electron chi connectivity index (χ0n) is 9.44. The van der Waals surface area contributed by atoms with Gasteiger partial charge in [0.2, 0.25) is 0 Å². The predicted octanol–water partition coefficient (Wildman–Crippen LogP) is 2.36. The Bertz CT molecular complexity index is 448. The third-order valence-electron chi connectivity index (χ3n) is 2.58. The summed E-state index contributed by atoms with van der Waals surface area (Å²) in [6, 6.07) is 5.92. The second-order valence-corrected chi connectivity index (χ2v) is 4.96. The number of nitrogens with zero attached hydrogens (tertiary/aromatic N) is 1. The first kappa shape index (κ1) is 10.8. The molecule has 1 aromatic carbocycles. The number of anilines is 1. The molecule has 0 spiro atoms. The van der Waals surface area contributed by atoms with E-state index in [0.29, 0.717) is 6.61 Å². The van der Waals surface area contributed by atoms with Gasteiger partial charge in [-0.25, -0.2) is 0 Å². The van der Waals surface area contributed by atoms with Crippen LogP contribution in [0.4, 0.5) is 5.69 Å². The third kappa shape index (κ3) is 2.49. The van der Waals surface area contributed by atoms with Crippen molar-refractivity contribution in [2.24, 2.45) is 4.99 Å². The molecule has 90 valence electrons. The van der Waals surface area contributed by atoms with Crippen LogP contribution in [0.25, 0.3) is 0 Å². The number of thioether (sulfide) groups is 1. The summed E-state index contributed by atoms with van der Waals surface area (Å²) in [5.41, 5.74) is 1.00. The molecule has 0 radical (unpaired) electrons. The summed E-state index contributed by atoms with van der Waals surface area (Å²) in [6.45, 7) is 2.34. The summed E-state index contributed by atoms with van der Waals surface area (Å²) in [5, 5.41) is 4.27. The van der Waals surface area contributed by atoms with Crippen molar-refractivity contribution in [3.63, 3.8) is 0 Å². The van der Waals surface area contributed by atoms with Gasteiger partial charge in [-0.1, -0.05) is 11.8 Å². The molecular weight excluding hydrogens is 236 g/mol. The van der Waals surface area contributed by atoms with Crippen LogP contribution in [0, 0.1) is 0 Å². The number of ether oxygens (including phenoxy) is 2. The molecule has 0 aliphatic carbocycles. The Morgan fingerprint density at radius 3 is 2.88 bits per heavy atom. The first-order valence-electron chi connectivity index (χ1n) is 5.76. The lowest BCUT2D eigenvalue weighted by molar-refractivity contribution is 0.297. The van der Waals surface area contributed by atoms with Gasteiger partial charge in [0.05, 0.1) is 19.8 Å². The van der Waals surface area contributed by atoms with E-state index in [1.54, 1.807) is 11.8 Å². The number of hydrogen-bond acceptors (Lipinski definition) is 5. The van der Waals surface area contributed by atoms with Crippen molar-refractivity contribution >= 4 is 22.6 Å². The molecule has 0 atom stereocenters. The van der Waals surface area contributed by atoms with Crippen LogP contribution >= 0.6 is 11.8 Å². The van der Waals surface area contributed by atoms with E-state index >= 15 is 0 Å². The highest BCUT2D eigenvalue weighted by molar-refractivity contribution is 8.14. The van der Waals surface area contributed by atoms with Crippen LogP contribution < -0.4 is 14.8 Å². The van der Waals surface area contributed by atoms with Gasteiger partial charge in [-0.2, -0.15) is 0 Å². The summed E-state index contributed by atoms with van der Waals surface area (Å²) in [6.07, 6.45) is 0.931. The topological polar surface area (TPSA) is 42.9 Å². The number of rotatable bonds is 1. The lowest BCUT2D eigenvalue weighted by atomic mass is 10.3. The Labute approximate surface area is 104 Å². The van der Waals surface area contributed by atoms with Gasteiger partial charge >= 0.3 is 0 Å². The molecule has 0 fully saturated rings. The van der Waals surface area contributed by atoms with Gasteiger partial charge in [-0.15, -0.1) is 0 Å². The SMILES string of the molecule is c1cc2c(cc1NC1=NCCS1)OCCCO2. The minimum absolute atomic E-state index is 0.714. The highest BCUT2D eigenvalue weighted by Crippen LogP contribution is 2.32. The second kappa shape index (κ2) is 4.87. The highest BCUT2D eigenvalue weighted by atomic mass is 32.2. The van der Waals surface area contributed by atoms with E-state index in [2.05, 4.69) is 10.3 Å². The van der Waals surface area contributed by atoms with Crippen molar-refractivity contribution in [2.75, 3.05) is 30.8 Å². The van der Waals surface area contributed by atoms with Crippen LogP contribution in [0.5, 0.6) is 11.5 Å². The van der Waals surface area contributed by atoms with Gasteiger partial charge in [0.1, 0.15) is 0 Å². The second-order valence-electron chi connectivity index (χ2n) is 3.87. The Kier molecular flexibility index (Phi) is 3.09. The van der Waals surface area contributed by atoms with Gasteiger partial charge in [-0.3, -0.25) is 4.99 Å². The van der Waals surface area contributed by atoms with E-state index in [0.717, 1.165) is 47.7 Å². The number of nitrogens with one attached hydrogen (secondary N) is 1. The summed E-state index contributed by atoms with van der Waals surface area (Å²) in [5.74, 6) is 2.71. The van der Waals surface area contributed by atoms with E-state index < -0.39 is 0 Å². The Morgan fingerprint density at radius 1 is 1.18 bits per heavy atom. The summed E-state index contributed by atoms with van der Waals surface area (Å²) in [4.78, 5) is 4.36. The molecule has 5 heteroatoms. The molecule has 0 amide bonds. The number of fused-ring (bicyclic) bond motifs is 1. The first-order valence-corrected chi connectivity index (χ1v) is 6.74. The molecule has 2 aliphatic heterocycles. The molecule has 0 saturated carbocycles. The maximum Gasteiger partial charge on any atom is 0.163 e. The average Bonchev–Trinajstić information content (AvgIpc) is 2.73.